The summed E-state index contributed by atoms with van der Waals surface area (Å²) in [5, 5.41) is 6.06. The standard InChI is InChI=1S/C12H18N2O/c1-3-8-13-9-11-4-6-12(7-5-11)14-10(2)15/h4-7,13H,3,8-9H2,1-2H3,(H,14,15). The van der Waals surface area contributed by atoms with Crippen molar-refractivity contribution in [1.29, 1.82) is 0 Å². The Morgan fingerprint density at radius 2 is 1.93 bits per heavy atom. The maximum absolute atomic E-state index is 10.8. The van der Waals surface area contributed by atoms with Crippen LogP contribution >= 0.6 is 0 Å². The molecule has 0 atom stereocenters. The highest BCUT2D eigenvalue weighted by Crippen LogP contribution is 2.09. The Morgan fingerprint density at radius 3 is 2.47 bits per heavy atom. The first-order valence-corrected chi connectivity index (χ1v) is 5.29. The lowest BCUT2D eigenvalue weighted by Crippen LogP contribution is -2.13. The minimum atomic E-state index is -0.0353. The maximum Gasteiger partial charge on any atom is 0.221 e. The zero-order chi connectivity index (χ0) is 11.1. The van der Waals surface area contributed by atoms with Crippen LogP contribution < -0.4 is 10.6 Å². The maximum atomic E-state index is 10.8. The average Bonchev–Trinajstić information content (AvgIpc) is 2.20. The molecule has 3 heteroatoms. The molecule has 0 spiro atoms. The SMILES string of the molecule is CCCNCc1ccc(NC(C)=O)cc1. The molecular formula is C12H18N2O. The summed E-state index contributed by atoms with van der Waals surface area (Å²) in [7, 11) is 0. The molecule has 1 aromatic carbocycles. The Balaban J connectivity index is 2.45. The number of anilines is 1. The molecule has 0 aliphatic heterocycles. The van der Waals surface area contributed by atoms with Crippen LogP contribution in [-0.4, -0.2) is 12.5 Å². The number of hydrogen-bond donors (Lipinski definition) is 2. The smallest absolute Gasteiger partial charge is 0.221 e. The number of carbonyl (C=O) groups is 1. The second-order valence-electron chi connectivity index (χ2n) is 3.55. The van der Waals surface area contributed by atoms with Crippen LogP contribution in [0, 0.1) is 0 Å². The Hall–Kier alpha value is -1.35. The molecule has 82 valence electrons. The highest BCUT2D eigenvalue weighted by atomic mass is 16.1. The van der Waals surface area contributed by atoms with Gasteiger partial charge in [-0.3, -0.25) is 4.79 Å². The van der Waals surface area contributed by atoms with Crippen molar-refractivity contribution in [3.8, 4) is 0 Å². The van der Waals surface area contributed by atoms with E-state index in [-0.39, 0.29) is 5.91 Å². The molecule has 0 saturated carbocycles. The Labute approximate surface area is 90.9 Å². The summed E-state index contributed by atoms with van der Waals surface area (Å²) in [6, 6.07) is 7.89. The van der Waals surface area contributed by atoms with E-state index in [2.05, 4.69) is 17.6 Å². The van der Waals surface area contributed by atoms with Crippen LogP contribution in [-0.2, 0) is 11.3 Å². The van der Waals surface area contributed by atoms with Crippen LogP contribution in [0.4, 0.5) is 5.69 Å². The third-order valence-corrected chi connectivity index (χ3v) is 2.03. The van der Waals surface area contributed by atoms with Gasteiger partial charge >= 0.3 is 0 Å². The van der Waals surface area contributed by atoms with Crippen LogP contribution in [0.2, 0.25) is 0 Å². The predicted molar refractivity (Wildman–Crippen MR) is 62.7 cm³/mol. The second kappa shape index (κ2) is 6.19. The number of nitrogens with one attached hydrogen (secondary N) is 2. The van der Waals surface area contributed by atoms with Crippen LogP contribution in [0.3, 0.4) is 0 Å². The normalized spacial score (nSPS) is 10.0. The molecule has 0 radical (unpaired) electrons. The van der Waals surface area contributed by atoms with Gasteiger partial charge in [-0.2, -0.15) is 0 Å². The minimum Gasteiger partial charge on any atom is -0.326 e. The van der Waals surface area contributed by atoms with Crippen molar-refractivity contribution in [1.82, 2.24) is 5.32 Å². The highest BCUT2D eigenvalue weighted by Gasteiger charge is 1.95. The number of benzene rings is 1. The summed E-state index contributed by atoms with van der Waals surface area (Å²) < 4.78 is 0. The lowest BCUT2D eigenvalue weighted by Gasteiger charge is -2.05. The molecule has 1 aromatic rings. The largest absolute Gasteiger partial charge is 0.326 e. The molecule has 2 N–H and O–H groups in total. The molecule has 3 nitrogen and oxygen atoms in total. The van der Waals surface area contributed by atoms with Crippen molar-refractivity contribution in [2.45, 2.75) is 26.8 Å². The van der Waals surface area contributed by atoms with Gasteiger partial charge < -0.3 is 10.6 Å². The molecule has 0 unspecified atom stereocenters. The lowest BCUT2D eigenvalue weighted by molar-refractivity contribution is -0.114. The van der Waals surface area contributed by atoms with Crippen LogP contribution in [0.15, 0.2) is 24.3 Å². The van der Waals surface area contributed by atoms with Crippen LogP contribution in [0.25, 0.3) is 0 Å². The van der Waals surface area contributed by atoms with Crippen molar-refractivity contribution in [2.75, 3.05) is 11.9 Å². The third kappa shape index (κ3) is 4.61. The summed E-state index contributed by atoms with van der Waals surface area (Å²) in [6.07, 6.45) is 1.14. The summed E-state index contributed by atoms with van der Waals surface area (Å²) in [6.45, 7) is 5.57. The Bertz CT molecular complexity index is 306. The summed E-state index contributed by atoms with van der Waals surface area (Å²) >= 11 is 0. The number of carbonyl (C=O) groups excluding carboxylic acids is 1. The fourth-order valence-corrected chi connectivity index (χ4v) is 1.32. The minimum absolute atomic E-state index is 0.0353. The fraction of sp³-hybridized carbons (Fsp3) is 0.417. The van der Waals surface area contributed by atoms with Gasteiger partial charge in [-0.25, -0.2) is 0 Å². The molecule has 1 rings (SSSR count). The first kappa shape index (κ1) is 11.7. The Morgan fingerprint density at radius 1 is 1.27 bits per heavy atom. The van der Waals surface area contributed by atoms with E-state index in [0.717, 1.165) is 25.2 Å². The molecule has 0 aromatic heterocycles. The topological polar surface area (TPSA) is 41.1 Å². The van der Waals surface area contributed by atoms with Crippen molar-refractivity contribution in [3.63, 3.8) is 0 Å². The number of hydrogen-bond acceptors (Lipinski definition) is 2. The molecule has 0 aliphatic rings. The van der Waals surface area contributed by atoms with E-state index in [1.54, 1.807) is 0 Å². The van der Waals surface area contributed by atoms with Crippen LogP contribution in [0.1, 0.15) is 25.8 Å². The Kier molecular flexibility index (Phi) is 4.84. The zero-order valence-electron chi connectivity index (χ0n) is 9.34. The van der Waals surface area contributed by atoms with Gasteiger partial charge in [0.1, 0.15) is 0 Å². The molecule has 1 amide bonds. The number of rotatable bonds is 5. The van der Waals surface area contributed by atoms with Crippen molar-refractivity contribution in [2.24, 2.45) is 0 Å². The zero-order valence-corrected chi connectivity index (χ0v) is 9.34. The third-order valence-electron chi connectivity index (χ3n) is 2.03. The lowest BCUT2D eigenvalue weighted by atomic mass is 10.2. The van der Waals surface area contributed by atoms with E-state index in [9.17, 15) is 4.79 Å². The van der Waals surface area contributed by atoms with Gasteiger partial charge in [0.05, 0.1) is 0 Å². The van der Waals surface area contributed by atoms with E-state index < -0.39 is 0 Å². The highest BCUT2D eigenvalue weighted by molar-refractivity contribution is 5.88. The van der Waals surface area contributed by atoms with Gasteiger partial charge in [0.15, 0.2) is 0 Å². The van der Waals surface area contributed by atoms with E-state index in [1.807, 2.05) is 24.3 Å². The summed E-state index contributed by atoms with van der Waals surface area (Å²) in [5.74, 6) is -0.0353. The molecule has 0 fully saturated rings. The first-order chi connectivity index (χ1) is 7.22. The summed E-state index contributed by atoms with van der Waals surface area (Å²) in [4.78, 5) is 10.8. The molecule has 0 saturated heterocycles. The van der Waals surface area contributed by atoms with Gasteiger partial charge in [0.2, 0.25) is 5.91 Å². The molecule has 0 bridgehead atoms. The van der Waals surface area contributed by atoms with E-state index in [1.165, 1.54) is 12.5 Å². The van der Waals surface area contributed by atoms with E-state index in [4.69, 9.17) is 0 Å². The molecule has 0 heterocycles. The second-order valence-corrected chi connectivity index (χ2v) is 3.55. The monoisotopic (exact) mass is 206 g/mol. The predicted octanol–water partition coefficient (Wildman–Crippen LogP) is 2.14. The average molecular weight is 206 g/mol. The van der Waals surface area contributed by atoms with E-state index >= 15 is 0 Å². The number of amides is 1. The molecular weight excluding hydrogens is 188 g/mol. The van der Waals surface area contributed by atoms with E-state index in [0.29, 0.717) is 0 Å². The van der Waals surface area contributed by atoms with Crippen molar-refractivity contribution in [3.05, 3.63) is 29.8 Å². The van der Waals surface area contributed by atoms with Gasteiger partial charge in [0, 0.05) is 19.2 Å². The quantitative estimate of drug-likeness (QED) is 0.725. The summed E-state index contributed by atoms with van der Waals surface area (Å²) in [5.41, 5.74) is 2.08. The van der Waals surface area contributed by atoms with Crippen LogP contribution in [0.5, 0.6) is 0 Å². The van der Waals surface area contributed by atoms with Gasteiger partial charge in [-0.15, -0.1) is 0 Å². The molecule has 15 heavy (non-hydrogen) atoms. The fourth-order valence-electron chi connectivity index (χ4n) is 1.32. The van der Waals surface area contributed by atoms with Crippen molar-refractivity contribution >= 4 is 11.6 Å². The van der Waals surface area contributed by atoms with Gasteiger partial charge in [-0.05, 0) is 30.7 Å². The molecule has 0 aliphatic carbocycles. The van der Waals surface area contributed by atoms with Gasteiger partial charge in [-0.1, -0.05) is 19.1 Å². The van der Waals surface area contributed by atoms with Crippen molar-refractivity contribution < 1.29 is 4.79 Å². The first-order valence-electron chi connectivity index (χ1n) is 5.29. The van der Waals surface area contributed by atoms with Gasteiger partial charge in [0.25, 0.3) is 0 Å².